The molecule has 0 spiro atoms. The van der Waals surface area contributed by atoms with Crippen molar-refractivity contribution >= 4 is 37.7 Å². The lowest BCUT2D eigenvalue weighted by molar-refractivity contribution is 0.282. The number of aromatic nitrogens is 6. The van der Waals surface area contributed by atoms with Crippen molar-refractivity contribution in [2.45, 2.75) is 65.0 Å². The van der Waals surface area contributed by atoms with E-state index in [2.05, 4.69) is 92.0 Å². The van der Waals surface area contributed by atoms with Crippen molar-refractivity contribution in [2.75, 3.05) is 0 Å². The predicted octanol–water partition coefficient (Wildman–Crippen LogP) is 5.18. The molecule has 0 radical (unpaired) electrons. The lowest BCUT2D eigenvalue weighted by Crippen LogP contribution is -2.50. The lowest BCUT2D eigenvalue weighted by Gasteiger charge is -2.33. The Morgan fingerprint density at radius 3 is 1.75 bits per heavy atom. The van der Waals surface area contributed by atoms with Crippen molar-refractivity contribution < 1.29 is 0 Å². The van der Waals surface area contributed by atoms with Crippen LogP contribution in [0.3, 0.4) is 0 Å². The van der Waals surface area contributed by atoms with Gasteiger partial charge in [-0.15, -0.1) is 6.42 Å². The second-order valence-corrected chi connectivity index (χ2v) is 14.4. The normalized spacial score (nSPS) is 15.0. The summed E-state index contributed by atoms with van der Waals surface area (Å²) in [5.41, 5.74) is 3.55. The first kappa shape index (κ1) is 35.4. The molecule has 0 atom stereocenters. The van der Waals surface area contributed by atoms with Gasteiger partial charge in [0.2, 0.25) is 0 Å². The van der Waals surface area contributed by atoms with E-state index in [-0.39, 0.29) is 22.2 Å². The van der Waals surface area contributed by atoms with Gasteiger partial charge in [0.05, 0.1) is 34.9 Å². The molecule has 0 bridgehead atoms. The van der Waals surface area contributed by atoms with Gasteiger partial charge in [-0.1, -0.05) is 39.9 Å². The zero-order valence-electron chi connectivity index (χ0n) is 28.9. The van der Waals surface area contributed by atoms with Crippen LogP contribution < -0.4 is 21.8 Å². The molecule has 256 valence electrons. The first-order valence-corrected chi connectivity index (χ1v) is 17.2. The van der Waals surface area contributed by atoms with Crippen molar-refractivity contribution in [1.82, 2.24) is 39.7 Å². The molecule has 0 saturated carbocycles. The van der Waals surface area contributed by atoms with E-state index in [4.69, 9.17) is 6.42 Å². The number of pyridine rings is 2. The summed E-state index contributed by atoms with van der Waals surface area (Å²) in [6.45, 7) is 10.8. The van der Waals surface area contributed by atoms with E-state index in [1.54, 1.807) is 27.6 Å². The fourth-order valence-corrected chi connectivity index (χ4v) is 6.09. The number of nitrogens with zero attached hydrogens (tertiary/aromatic N) is 6. The third kappa shape index (κ3) is 8.47. The van der Waals surface area contributed by atoms with Crippen molar-refractivity contribution in [2.24, 2.45) is 0 Å². The highest BCUT2D eigenvalue weighted by molar-refractivity contribution is 9.10. The SMILES string of the molecule is C#Cc1ccccn1.CC1(C)Cn2c(nc3cc(Br)ccc3c2=O)CN1.CC1(C)Cn2c(nc3cc(C#Cc4ccccn4)ccc3c2=O)CN1. The highest BCUT2D eigenvalue weighted by Gasteiger charge is 2.27. The molecule has 0 unspecified atom stereocenters. The van der Waals surface area contributed by atoms with Crippen LogP contribution >= 0.6 is 15.9 Å². The summed E-state index contributed by atoms with van der Waals surface area (Å²) in [6.07, 6.45) is 8.43. The number of nitrogens with one attached hydrogen (secondary N) is 2. The summed E-state index contributed by atoms with van der Waals surface area (Å²) in [5, 5.41) is 8.11. The minimum atomic E-state index is -0.111. The largest absolute Gasteiger partial charge is 0.303 e. The highest BCUT2D eigenvalue weighted by Crippen LogP contribution is 2.20. The quantitative estimate of drug-likeness (QED) is 0.205. The molecule has 4 aromatic heterocycles. The maximum atomic E-state index is 12.8. The minimum absolute atomic E-state index is 0.0128. The first-order chi connectivity index (χ1) is 24.4. The Balaban J connectivity index is 0.000000150. The van der Waals surface area contributed by atoms with E-state index in [0.29, 0.717) is 53.9 Å². The topological polar surface area (TPSA) is 120 Å². The van der Waals surface area contributed by atoms with E-state index in [1.165, 1.54) is 0 Å². The molecule has 0 amide bonds. The van der Waals surface area contributed by atoms with Gasteiger partial charge >= 0.3 is 0 Å². The molecule has 2 aliphatic heterocycles. The minimum Gasteiger partial charge on any atom is -0.303 e. The van der Waals surface area contributed by atoms with E-state index in [9.17, 15) is 9.59 Å². The predicted molar refractivity (Wildman–Crippen MR) is 204 cm³/mol. The molecular formula is C40H37BrN8O2. The Kier molecular flexibility index (Phi) is 10.3. The molecule has 2 N–H and O–H groups in total. The van der Waals surface area contributed by atoms with Crippen LogP contribution in [0.1, 0.15) is 56.3 Å². The van der Waals surface area contributed by atoms with Gasteiger partial charge in [0.25, 0.3) is 11.1 Å². The molecule has 10 nitrogen and oxygen atoms in total. The Labute approximate surface area is 304 Å². The van der Waals surface area contributed by atoms with Crippen LogP contribution in [0.2, 0.25) is 0 Å². The number of fused-ring (bicyclic) bond motifs is 4. The molecule has 6 aromatic rings. The Hall–Kier alpha value is -5.46. The number of benzene rings is 2. The molecule has 51 heavy (non-hydrogen) atoms. The second-order valence-electron chi connectivity index (χ2n) is 13.5. The summed E-state index contributed by atoms with van der Waals surface area (Å²) in [6, 6.07) is 22.3. The van der Waals surface area contributed by atoms with Crippen LogP contribution in [-0.4, -0.2) is 40.1 Å². The van der Waals surface area contributed by atoms with Gasteiger partial charge in [-0.25, -0.2) is 19.9 Å². The van der Waals surface area contributed by atoms with Gasteiger partial charge in [0, 0.05) is 46.6 Å². The maximum Gasteiger partial charge on any atom is 0.261 e. The zero-order valence-corrected chi connectivity index (χ0v) is 30.5. The standard InChI is InChI=1S/C20H18N4O.C13H14BrN3O.C7H5N/c1-20(2)13-24-18(12-22-20)23-17-11-14(7-9-16(17)19(24)25)6-8-15-5-3-4-10-21-15;1-13(2)7-17-11(6-15-13)16-10-5-8(14)3-4-9(10)12(17)18;1-2-7-5-3-4-6-8-7/h3-5,7,9-11,22H,12-13H2,1-2H3;3-5,15H,6-7H2,1-2H3;1,3-6H. The summed E-state index contributed by atoms with van der Waals surface area (Å²) in [7, 11) is 0. The number of hydrogen-bond acceptors (Lipinski definition) is 8. The van der Waals surface area contributed by atoms with Crippen molar-refractivity contribution in [3.8, 4) is 24.2 Å². The van der Waals surface area contributed by atoms with Gasteiger partial charge in [-0.05, 0) is 94.3 Å². The summed E-state index contributed by atoms with van der Waals surface area (Å²) in [4.78, 5) is 42.6. The highest BCUT2D eigenvalue weighted by atomic mass is 79.9. The van der Waals surface area contributed by atoms with E-state index in [0.717, 1.165) is 27.2 Å². The molecule has 2 aromatic carbocycles. The first-order valence-electron chi connectivity index (χ1n) is 16.4. The number of halogens is 1. The third-order valence-corrected chi connectivity index (χ3v) is 8.89. The summed E-state index contributed by atoms with van der Waals surface area (Å²) < 4.78 is 4.50. The van der Waals surface area contributed by atoms with Gasteiger partial charge in [-0.3, -0.25) is 18.7 Å². The van der Waals surface area contributed by atoms with Crippen LogP contribution in [-0.2, 0) is 26.2 Å². The van der Waals surface area contributed by atoms with Crippen LogP contribution in [0.5, 0.6) is 0 Å². The maximum absolute atomic E-state index is 12.8. The fraction of sp³-hybridized carbons (Fsp3) is 0.250. The Bertz CT molecular complexity index is 2460. The van der Waals surface area contributed by atoms with Crippen molar-refractivity contribution in [1.29, 1.82) is 0 Å². The average Bonchev–Trinajstić information content (AvgIpc) is 3.12. The summed E-state index contributed by atoms with van der Waals surface area (Å²) >= 11 is 3.41. The van der Waals surface area contributed by atoms with Crippen LogP contribution in [0, 0.1) is 24.2 Å². The fourth-order valence-electron chi connectivity index (χ4n) is 5.74. The Morgan fingerprint density at radius 1 is 0.706 bits per heavy atom. The van der Waals surface area contributed by atoms with E-state index in [1.807, 2.05) is 66.7 Å². The molecule has 2 aliphatic rings. The molecule has 0 fully saturated rings. The second kappa shape index (κ2) is 14.8. The molecule has 8 rings (SSSR count). The van der Waals surface area contributed by atoms with Gasteiger partial charge in [0.15, 0.2) is 0 Å². The van der Waals surface area contributed by atoms with Crippen LogP contribution in [0.4, 0.5) is 0 Å². The van der Waals surface area contributed by atoms with Gasteiger partial charge < -0.3 is 10.6 Å². The zero-order chi connectivity index (χ0) is 36.2. The third-order valence-electron chi connectivity index (χ3n) is 8.40. The van der Waals surface area contributed by atoms with Gasteiger partial charge in [-0.2, -0.15) is 0 Å². The molecule has 0 saturated heterocycles. The molecular weight excluding hydrogens is 704 g/mol. The Morgan fingerprint density at radius 2 is 1.24 bits per heavy atom. The molecule has 0 aliphatic carbocycles. The number of terminal acetylenes is 1. The summed E-state index contributed by atoms with van der Waals surface area (Å²) in [5.74, 6) is 10.1. The average molecular weight is 742 g/mol. The van der Waals surface area contributed by atoms with Crippen molar-refractivity contribution in [3.05, 3.63) is 139 Å². The van der Waals surface area contributed by atoms with Gasteiger partial charge in [0.1, 0.15) is 23.0 Å². The van der Waals surface area contributed by atoms with Crippen LogP contribution in [0.15, 0.2) is 99.3 Å². The van der Waals surface area contributed by atoms with Crippen molar-refractivity contribution in [3.63, 3.8) is 0 Å². The lowest BCUT2D eigenvalue weighted by atomic mass is 10.0. The smallest absolute Gasteiger partial charge is 0.261 e. The van der Waals surface area contributed by atoms with Crippen LogP contribution in [0.25, 0.3) is 21.8 Å². The molecule has 6 heterocycles. The number of rotatable bonds is 0. The number of hydrogen-bond donors (Lipinski definition) is 2. The van der Waals surface area contributed by atoms with E-state index < -0.39 is 0 Å². The monoisotopic (exact) mass is 740 g/mol. The van der Waals surface area contributed by atoms with E-state index >= 15 is 0 Å². The molecule has 11 heteroatoms.